The lowest BCUT2D eigenvalue weighted by Gasteiger charge is -2.06. The van der Waals surface area contributed by atoms with Crippen LogP contribution >= 0.6 is 30.8 Å². The Morgan fingerprint density at radius 2 is 1.93 bits per heavy atom. The van der Waals surface area contributed by atoms with Crippen LogP contribution in [0.4, 0.5) is 4.79 Å². The third-order valence-corrected chi connectivity index (χ3v) is 2.43. The summed E-state index contributed by atoms with van der Waals surface area (Å²) in [6.45, 7) is 0. The number of ether oxygens (including phenoxy) is 1. The van der Waals surface area contributed by atoms with Gasteiger partial charge in [-0.2, -0.15) is 0 Å². The average molecular weight is 271 g/mol. The van der Waals surface area contributed by atoms with Crippen molar-refractivity contribution in [3.8, 4) is 5.75 Å². The van der Waals surface area contributed by atoms with Gasteiger partial charge in [0.1, 0.15) is 5.75 Å². The maximum atomic E-state index is 10.8. The number of hydrogen-bond acceptors (Lipinski definition) is 3. The second-order valence-corrected chi connectivity index (χ2v) is 4.78. The molecule has 0 unspecified atom stereocenters. The van der Waals surface area contributed by atoms with E-state index in [2.05, 4.69) is 4.74 Å². The number of carbonyl (C=O) groups is 1. The van der Waals surface area contributed by atoms with Crippen molar-refractivity contribution in [2.45, 2.75) is 0 Å². The van der Waals surface area contributed by atoms with Gasteiger partial charge in [0.15, 0.2) is 0 Å². The van der Waals surface area contributed by atoms with E-state index in [1.165, 1.54) is 18.2 Å². The van der Waals surface area contributed by atoms with Gasteiger partial charge in [-0.15, -0.1) is 0 Å². The second kappa shape index (κ2) is 4.51. The summed E-state index contributed by atoms with van der Waals surface area (Å²) in [5, 5.41) is 0.306. The molecule has 0 aliphatic heterocycles. The highest BCUT2D eigenvalue weighted by molar-refractivity contribution is 7.69. The van der Waals surface area contributed by atoms with Gasteiger partial charge in [-0.3, -0.25) is 0 Å². The molecule has 82 valence electrons. The Morgan fingerprint density at radius 3 is 2.40 bits per heavy atom. The van der Waals surface area contributed by atoms with Gasteiger partial charge < -0.3 is 14.5 Å². The molecule has 0 saturated heterocycles. The molecular weight excluding hydrogens is 266 g/mol. The van der Waals surface area contributed by atoms with E-state index in [9.17, 15) is 9.36 Å². The molecule has 2 N–H and O–H groups in total. The van der Waals surface area contributed by atoms with Crippen molar-refractivity contribution in [3.05, 3.63) is 28.2 Å². The van der Waals surface area contributed by atoms with Crippen LogP contribution in [-0.4, -0.2) is 15.5 Å². The molecule has 0 radical (unpaired) electrons. The summed E-state index contributed by atoms with van der Waals surface area (Å²) < 4.78 is 14.8. The topological polar surface area (TPSA) is 83.8 Å². The summed E-state index contributed by atoms with van der Waals surface area (Å²) in [6, 6.07) is 3.89. The second-order valence-electron chi connectivity index (χ2n) is 2.49. The van der Waals surface area contributed by atoms with Crippen molar-refractivity contribution in [2.75, 3.05) is 0 Å². The van der Waals surface area contributed by atoms with E-state index in [1.807, 2.05) is 0 Å². The molecule has 0 aliphatic carbocycles. The molecule has 0 fully saturated rings. The fourth-order valence-electron chi connectivity index (χ4n) is 0.712. The number of carbonyl (C=O) groups excluding carboxylic acids is 1. The van der Waals surface area contributed by atoms with E-state index in [4.69, 9.17) is 33.0 Å². The van der Waals surface area contributed by atoms with Crippen LogP contribution in [0.15, 0.2) is 18.2 Å². The van der Waals surface area contributed by atoms with Crippen LogP contribution in [0.2, 0.25) is 10.0 Å². The van der Waals surface area contributed by atoms with Crippen molar-refractivity contribution in [1.82, 2.24) is 0 Å². The summed E-state index contributed by atoms with van der Waals surface area (Å²) in [4.78, 5) is 27.7. The van der Waals surface area contributed by atoms with Gasteiger partial charge in [-0.1, -0.05) is 23.2 Å². The molecule has 8 heteroatoms. The van der Waals surface area contributed by atoms with Gasteiger partial charge in [0.25, 0.3) is 0 Å². The summed E-state index contributed by atoms with van der Waals surface area (Å²) in [5.41, 5.74) is -1.66. The first-order valence-corrected chi connectivity index (χ1v) is 5.90. The van der Waals surface area contributed by atoms with Crippen molar-refractivity contribution in [2.24, 2.45) is 0 Å². The minimum Gasteiger partial charge on any atom is -0.416 e. The van der Waals surface area contributed by atoms with E-state index in [-0.39, 0.29) is 10.8 Å². The molecule has 1 aromatic carbocycles. The van der Waals surface area contributed by atoms with E-state index < -0.39 is 13.3 Å². The van der Waals surface area contributed by atoms with Crippen molar-refractivity contribution in [1.29, 1.82) is 0 Å². The van der Waals surface area contributed by atoms with Crippen molar-refractivity contribution >= 4 is 36.5 Å². The Kier molecular flexibility index (Phi) is 3.76. The molecule has 0 aliphatic rings. The van der Waals surface area contributed by atoms with E-state index >= 15 is 0 Å². The Bertz CT molecular complexity index is 441. The summed E-state index contributed by atoms with van der Waals surface area (Å²) in [6.07, 6.45) is 0. The van der Waals surface area contributed by atoms with Crippen LogP contribution in [0.5, 0.6) is 5.75 Å². The zero-order valence-corrected chi connectivity index (χ0v) is 9.46. The molecule has 15 heavy (non-hydrogen) atoms. The largest absolute Gasteiger partial charge is 0.433 e. The third kappa shape index (κ3) is 3.48. The van der Waals surface area contributed by atoms with E-state index in [1.54, 1.807) is 0 Å². The predicted octanol–water partition coefficient (Wildman–Crippen LogP) is 2.67. The van der Waals surface area contributed by atoms with Crippen molar-refractivity contribution < 1.29 is 23.9 Å². The molecular formula is C7H5Cl2O5P. The quantitative estimate of drug-likeness (QED) is 0.808. The van der Waals surface area contributed by atoms with Gasteiger partial charge in [0.05, 0.1) is 5.02 Å². The third-order valence-electron chi connectivity index (χ3n) is 1.33. The fraction of sp³-hybridized carbons (Fsp3) is 0. The standard InChI is InChI=1S/C7H5Cl2O5P/c8-4-1-2-6(5(9)3-4)14-7(10)15(11,12)13/h1-3H,(H2,11,12,13). The first-order valence-electron chi connectivity index (χ1n) is 3.53. The molecule has 0 saturated carbocycles. The number of rotatable bonds is 2. The van der Waals surface area contributed by atoms with Gasteiger partial charge in [-0.05, 0) is 18.2 Å². The predicted molar refractivity (Wildman–Crippen MR) is 54.5 cm³/mol. The lowest BCUT2D eigenvalue weighted by Crippen LogP contribution is -2.06. The normalized spacial score (nSPS) is 11.2. The SMILES string of the molecule is O=C(Oc1ccc(Cl)cc1Cl)P(=O)(O)O. The molecule has 0 aromatic heterocycles. The molecule has 1 aromatic rings. The maximum Gasteiger partial charge on any atom is 0.433 e. The zero-order valence-electron chi connectivity index (χ0n) is 7.05. The molecule has 1 rings (SSSR count). The summed E-state index contributed by atoms with van der Waals surface area (Å²) in [5.74, 6) is -0.158. The summed E-state index contributed by atoms with van der Waals surface area (Å²) >= 11 is 11.2. The number of benzene rings is 1. The lowest BCUT2D eigenvalue weighted by molar-refractivity contribution is 0.213. The lowest BCUT2D eigenvalue weighted by atomic mass is 10.3. The average Bonchev–Trinajstić information content (AvgIpc) is 2.08. The maximum absolute atomic E-state index is 10.8. The molecule has 0 amide bonds. The van der Waals surface area contributed by atoms with Crippen molar-refractivity contribution in [3.63, 3.8) is 0 Å². The van der Waals surface area contributed by atoms with Crippen LogP contribution in [0.3, 0.4) is 0 Å². The highest BCUT2D eigenvalue weighted by Gasteiger charge is 2.29. The minimum absolute atomic E-state index is 0.00991. The minimum atomic E-state index is -4.91. The Hall–Kier alpha value is -0.580. The fourth-order valence-corrected chi connectivity index (χ4v) is 1.38. The Morgan fingerprint density at radius 1 is 1.33 bits per heavy atom. The number of hydrogen-bond donors (Lipinski definition) is 2. The van der Waals surface area contributed by atoms with Gasteiger partial charge in [0, 0.05) is 5.02 Å². The zero-order chi connectivity index (χ0) is 11.6. The van der Waals surface area contributed by atoms with E-state index in [0.29, 0.717) is 5.02 Å². The molecule has 0 bridgehead atoms. The number of halogens is 2. The van der Waals surface area contributed by atoms with Crippen LogP contribution in [0.25, 0.3) is 0 Å². The van der Waals surface area contributed by atoms with Gasteiger partial charge >= 0.3 is 13.3 Å². The molecule has 0 spiro atoms. The van der Waals surface area contributed by atoms with Gasteiger partial charge in [-0.25, -0.2) is 9.36 Å². The summed E-state index contributed by atoms with van der Waals surface area (Å²) in [7, 11) is -4.91. The first kappa shape index (κ1) is 12.5. The first-order chi connectivity index (χ1) is 6.80. The Balaban J connectivity index is 2.91. The molecule has 0 atom stereocenters. The van der Waals surface area contributed by atoms with E-state index in [0.717, 1.165) is 0 Å². The van der Waals surface area contributed by atoms with Crippen LogP contribution < -0.4 is 4.74 Å². The highest BCUT2D eigenvalue weighted by Crippen LogP contribution is 2.39. The molecule has 0 heterocycles. The van der Waals surface area contributed by atoms with Crippen LogP contribution in [0.1, 0.15) is 0 Å². The highest BCUT2D eigenvalue weighted by atomic mass is 35.5. The van der Waals surface area contributed by atoms with Crippen LogP contribution in [0, 0.1) is 0 Å². The molecule has 5 nitrogen and oxygen atoms in total. The van der Waals surface area contributed by atoms with Gasteiger partial charge in [0.2, 0.25) is 0 Å². The Labute approximate surface area is 94.7 Å². The smallest absolute Gasteiger partial charge is 0.416 e. The van der Waals surface area contributed by atoms with Crippen LogP contribution in [-0.2, 0) is 4.57 Å². The monoisotopic (exact) mass is 270 g/mol.